The minimum Gasteiger partial charge on any atom is -0.321 e. The van der Waals surface area contributed by atoms with E-state index in [9.17, 15) is 17.6 Å². The second-order valence-electron chi connectivity index (χ2n) is 5.68. The van der Waals surface area contributed by atoms with Gasteiger partial charge in [0.25, 0.3) is 15.9 Å². The Kier molecular flexibility index (Phi) is 6.01. The monoisotopic (exact) mass is 437 g/mol. The normalized spacial score (nSPS) is 11.2. The fourth-order valence-electron chi connectivity index (χ4n) is 2.33. The number of hydrogen-bond acceptors (Lipinski definition) is 6. The average molecular weight is 438 g/mol. The molecular formula is C18H16FN3O3S3. The van der Waals surface area contributed by atoms with Crippen molar-refractivity contribution < 1.29 is 17.6 Å². The van der Waals surface area contributed by atoms with Crippen LogP contribution in [-0.4, -0.2) is 25.6 Å². The Hall–Kier alpha value is -2.43. The van der Waals surface area contributed by atoms with Crippen molar-refractivity contribution in [3.63, 3.8) is 0 Å². The standard InChI is InChI=1S/C18H16FN3O3S3/c1-11-16(17(23)21-13-4-3-5-14(10-13)26-2)27-18(20-11)22-28(24,25)15-8-6-12(19)7-9-15/h3-10H,1-2H3,(H,20,22)(H,21,23). The van der Waals surface area contributed by atoms with E-state index in [1.807, 2.05) is 24.5 Å². The Bertz CT molecular complexity index is 1110. The van der Waals surface area contributed by atoms with Crippen LogP contribution in [0.3, 0.4) is 0 Å². The molecule has 3 aromatic rings. The number of hydrogen-bond donors (Lipinski definition) is 2. The number of rotatable bonds is 6. The van der Waals surface area contributed by atoms with Gasteiger partial charge in [0.05, 0.1) is 10.6 Å². The lowest BCUT2D eigenvalue weighted by Gasteiger charge is -2.05. The zero-order valence-corrected chi connectivity index (χ0v) is 17.3. The number of aryl methyl sites for hydroxylation is 1. The van der Waals surface area contributed by atoms with Crippen LogP contribution >= 0.6 is 23.1 Å². The van der Waals surface area contributed by atoms with Gasteiger partial charge in [-0.15, -0.1) is 11.8 Å². The van der Waals surface area contributed by atoms with Gasteiger partial charge in [-0.3, -0.25) is 9.52 Å². The van der Waals surface area contributed by atoms with Crippen molar-refractivity contribution in [1.82, 2.24) is 4.98 Å². The van der Waals surface area contributed by atoms with E-state index in [4.69, 9.17) is 0 Å². The van der Waals surface area contributed by atoms with Crippen LogP contribution in [0.15, 0.2) is 58.3 Å². The first-order chi connectivity index (χ1) is 13.3. The highest BCUT2D eigenvalue weighted by Crippen LogP contribution is 2.27. The second kappa shape index (κ2) is 8.29. The number of amides is 1. The van der Waals surface area contributed by atoms with E-state index >= 15 is 0 Å². The Balaban J connectivity index is 1.78. The number of sulfonamides is 1. The summed E-state index contributed by atoms with van der Waals surface area (Å²) in [5.74, 6) is -0.908. The van der Waals surface area contributed by atoms with Crippen molar-refractivity contribution in [2.24, 2.45) is 0 Å². The SMILES string of the molecule is CSc1cccc(NC(=O)c2sc(NS(=O)(=O)c3ccc(F)cc3)nc2C)c1. The molecule has 0 aliphatic heterocycles. The molecule has 0 aliphatic carbocycles. The number of carbonyl (C=O) groups excluding carboxylic acids is 1. The molecule has 146 valence electrons. The lowest BCUT2D eigenvalue weighted by atomic mass is 10.3. The molecule has 2 aromatic carbocycles. The summed E-state index contributed by atoms with van der Waals surface area (Å²) in [5, 5.41) is 2.85. The third kappa shape index (κ3) is 4.70. The summed E-state index contributed by atoms with van der Waals surface area (Å²) in [6, 6.07) is 11.8. The average Bonchev–Trinajstić information content (AvgIpc) is 3.01. The number of aromatic nitrogens is 1. The van der Waals surface area contributed by atoms with Gasteiger partial charge in [-0.25, -0.2) is 17.8 Å². The number of thiazole rings is 1. The smallest absolute Gasteiger partial charge is 0.267 e. The highest BCUT2D eigenvalue weighted by molar-refractivity contribution is 7.98. The third-order valence-electron chi connectivity index (χ3n) is 3.68. The van der Waals surface area contributed by atoms with Gasteiger partial charge in [0.15, 0.2) is 5.13 Å². The first-order valence-electron chi connectivity index (χ1n) is 8.00. The molecule has 2 N–H and O–H groups in total. The predicted molar refractivity (Wildman–Crippen MR) is 110 cm³/mol. The Labute approximate surface area is 170 Å². The van der Waals surface area contributed by atoms with Crippen LogP contribution in [0.25, 0.3) is 0 Å². The summed E-state index contributed by atoms with van der Waals surface area (Å²) >= 11 is 2.49. The van der Waals surface area contributed by atoms with Gasteiger partial charge in [0, 0.05) is 10.6 Å². The van der Waals surface area contributed by atoms with Crippen LogP contribution in [0, 0.1) is 12.7 Å². The lowest BCUT2D eigenvalue weighted by molar-refractivity contribution is 0.103. The highest BCUT2D eigenvalue weighted by Gasteiger charge is 2.20. The van der Waals surface area contributed by atoms with Crippen LogP contribution in [0.1, 0.15) is 15.4 Å². The molecule has 0 saturated heterocycles. The fraction of sp³-hybridized carbons (Fsp3) is 0.111. The van der Waals surface area contributed by atoms with Gasteiger partial charge < -0.3 is 5.32 Å². The fourth-order valence-corrected chi connectivity index (χ4v) is 4.88. The van der Waals surface area contributed by atoms with Crippen LogP contribution in [0.2, 0.25) is 0 Å². The van der Waals surface area contributed by atoms with Gasteiger partial charge in [0.2, 0.25) is 0 Å². The van der Waals surface area contributed by atoms with E-state index in [1.54, 1.807) is 24.8 Å². The van der Waals surface area contributed by atoms with E-state index in [2.05, 4.69) is 15.0 Å². The van der Waals surface area contributed by atoms with E-state index in [-0.39, 0.29) is 15.9 Å². The van der Waals surface area contributed by atoms with Crippen molar-refractivity contribution in [3.8, 4) is 0 Å². The summed E-state index contributed by atoms with van der Waals surface area (Å²) in [4.78, 5) is 17.9. The lowest BCUT2D eigenvalue weighted by Crippen LogP contribution is -2.12. The van der Waals surface area contributed by atoms with Crippen molar-refractivity contribution in [3.05, 3.63) is 64.9 Å². The van der Waals surface area contributed by atoms with Crippen LogP contribution in [0.5, 0.6) is 0 Å². The minimum atomic E-state index is -3.93. The van der Waals surface area contributed by atoms with E-state index < -0.39 is 15.8 Å². The summed E-state index contributed by atoms with van der Waals surface area (Å²) in [6.45, 7) is 1.62. The van der Waals surface area contributed by atoms with Crippen molar-refractivity contribution in [2.45, 2.75) is 16.7 Å². The maximum absolute atomic E-state index is 13.0. The summed E-state index contributed by atoms with van der Waals surface area (Å²) < 4.78 is 40.1. The van der Waals surface area contributed by atoms with Gasteiger partial charge in [-0.05, 0) is 55.6 Å². The molecule has 3 rings (SSSR count). The highest BCUT2D eigenvalue weighted by atomic mass is 32.2. The molecule has 6 nitrogen and oxygen atoms in total. The molecule has 0 bridgehead atoms. The molecule has 0 spiro atoms. The first kappa shape index (κ1) is 20.3. The number of benzene rings is 2. The van der Waals surface area contributed by atoms with Crippen molar-refractivity contribution >= 4 is 49.8 Å². The maximum Gasteiger partial charge on any atom is 0.267 e. The number of carbonyl (C=O) groups is 1. The van der Waals surface area contributed by atoms with Gasteiger partial charge >= 0.3 is 0 Å². The van der Waals surface area contributed by atoms with E-state index in [0.717, 1.165) is 40.5 Å². The van der Waals surface area contributed by atoms with Crippen molar-refractivity contribution in [2.75, 3.05) is 16.3 Å². The van der Waals surface area contributed by atoms with E-state index in [0.29, 0.717) is 16.3 Å². The molecule has 0 fully saturated rings. The number of halogens is 1. The van der Waals surface area contributed by atoms with Gasteiger partial charge in [0.1, 0.15) is 10.7 Å². The molecule has 1 heterocycles. The second-order valence-corrected chi connectivity index (χ2v) is 9.24. The molecule has 28 heavy (non-hydrogen) atoms. The number of anilines is 2. The Morgan fingerprint density at radius 2 is 1.89 bits per heavy atom. The van der Waals surface area contributed by atoms with Crippen LogP contribution < -0.4 is 10.0 Å². The van der Waals surface area contributed by atoms with Crippen molar-refractivity contribution in [1.29, 1.82) is 0 Å². The number of nitrogens with zero attached hydrogens (tertiary/aromatic N) is 1. The molecule has 0 atom stereocenters. The zero-order valence-electron chi connectivity index (χ0n) is 14.9. The first-order valence-corrected chi connectivity index (χ1v) is 11.5. The molecule has 1 aromatic heterocycles. The summed E-state index contributed by atoms with van der Waals surface area (Å²) in [6.07, 6.45) is 1.94. The molecule has 1 amide bonds. The third-order valence-corrected chi connectivity index (χ3v) is 6.96. The van der Waals surface area contributed by atoms with E-state index in [1.165, 1.54) is 0 Å². The number of nitrogens with one attached hydrogen (secondary N) is 2. The number of thioether (sulfide) groups is 1. The maximum atomic E-state index is 13.0. The largest absolute Gasteiger partial charge is 0.321 e. The minimum absolute atomic E-state index is 0.0600. The summed E-state index contributed by atoms with van der Waals surface area (Å²) in [5.41, 5.74) is 1.04. The molecule has 0 aliphatic rings. The van der Waals surface area contributed by atoms with Crippen LogP contribution in [-0.2, 0) is 10.0 Å². The summed E-state index contributed by atoms with van der Waals surface area (Å²) in [7, 11) is -3.93. The Morgan fingerprint density at radius 1 is 1.18 bits per heavy atom. The van der Waals surface area contributed by atoms with Gasteiger partial charge in [-0.1, -0.05) is 17.4 Å². The molecule has 10 heteroatoms. The quantitative estimate of drug-likeness (QED) is 0.559. The molecule has 0 radical (unpaired) electrons. The van der Waals surface area contributed by atoms with Crippen LogP contribution in [0.4, 0.5) is 15.2 Å². The zero-order chi connectivity index (χ0) is 20.3. The predicted octanol–water partition coefficient (Wildman–Crippen LogP) is 4.37. The molecular weight excluding hydrogens is 421 g/mol. The molecule has 0 saturated carbocycles. The molecule has 0 unspecified atom stereocenters. The van der Waals surface area contributed by atoms with Gasteiger partial charge in [-0.2, -0.15) is 0 Å². The Morgan fingerprint density at radius 3 is 2.57 bits per heavy atom. The topological polar surface area (TPSA) is 88.2 Å².